The lowest BCUT2D eigenvalue weighted by atomic mass is 10.1. The average molecular weight is 273 g/mol. The monoisotopic (exact) mass is 273 g/mol. The molecule has 0 radical (unpaired) electrons. The van der Waals surface area contributed by atoms with Crippen LogP contribution in [0.25, 0.3) is 0 Å². The zero-order valence-electron chi connectivity index (χ0n) is 9.44. The smallest absolute Gasteiger partial charge is 0.338 e. The highest BCUT2D eigenvalue weighted by atomic mass is 19.1. The summed E-state index contributed by atoms with van der Waals surface area (Å²) in [5, 5.41) is 19.0. The number of hydrogen-bond donors (Lipinski definition) is 3. The second-order valence-corrected chi connectivity index (χ2v) is 3.56. The molecule has 0 saturated heterocycles. The van der Waals surface area contributed by atoms with Crippen LogP contribution in [0, 0.1) is 11.6 Å². The normalized spacial score (nSPS) is 10.0. The van der Waals surface area contributed by atoms with Crippen molar-refractivity contribution >= 4 is 23.5 Å². The maximum Gasteiger partial charge on any atom is 0.338 e. The fourth-order valence-electron chi connectivity index (χ4n) is 1.24. The lowest BCUT2D eigenvalue weighted by molar-refractivity contribution is -0.138. The van der Waals surface area contributed by atoms with Crippen molar-refractivity contribution in [3.63, 3.8) is 0 Å². The minimum atomic E-state index is -1.61. The molecule has 3 N–H and O–H groups in total. The van der Waals surface area contributed by atoms with E-state index in [4.69, 9.17) is 10.2 Å². The summed E-state index contributed by atoms with van der Waals surface area (Å²) in [6.45, 7) is 0. The topological polar surface area (TPSA) is 104 Å². The Labute approximate surface area is 105 Å². The molecule has 0 aliphatic rings. The van der Waals surface area contributed by atoms with Gasteiger partial charge in [0.2, 0.25) is 5.91 Å². The predicted molar refractivity (Wildman–Crippen MR) is 58.8 cm³/mol. The number of benzene rings is 1. The number of carboxylic acid groups (broad SMARTS) is 2. The van der Waals surface area contributed by atoms with Crippen molar-refractivity contribution in [2.45, 2.75) is 12.8 Å². The van der Waals surface area contributed by atoms with Gasteiger partial charge in [-0.3, -0.25) is 9.59 Å². The Kier molecular flexibility index (Phi) is 4.51. The van der Waals surface area contributed by atoms with Gasteiger partial charge in [-0.15, -0.1) is 0 Å². The summed E-state index contributed by atoms with van der Waals surface area (Å²) in [5.74, 6) is -6.05. The van der Waals surface area contributed by atoms with E-state index in [1.807, 2.05) is 5.32 Å². The van der Waals surface area contributed by atoms with Crippen LogP contribution in [-0.4, -0.2) is 28.1 Å². The van der Waals surface area contributed by atoms with Gasteiger partial charge in [-0.05, 0) is 6.07 Å². The van der Waals surface area contributed by atoms with Crippen LogP contribution in [0.5, 0.6) is 0 Å². The molecule has 0 unspecified atom stereocenters. The highest BCUT2D eigenvalue weighted by Crippen LogP contribution is 2.20. The molecule has 8 heteroatoms. The standard InChI is InChI=1S/C11H9F2NO5/c12-6-4-7(13)8(3-5(6)11(18)19)14-9(15)1-2-10(16)17/h3-4H,1-2H2,(H,14,15)(H,16,17)(H,18,19). The van der Waals surface area contributed by atoms with Crippen molar-refractivity contribution in [2.75, 3.05) is 5.32 Å². The molecule has 0 aromatic heterocycles. The van der Waals surface area contributed by atoms with Gasteiger partial charge in [0, 0.05) is 12.5 Å². The second-order valence-electron chi connectivity index (χ2n) is 3.56. The van der Waals surface area contributed by atoms with Gasteiger partial charge in [-0.1, -0.05) is 0 Å². The minimum absolute atomic E-state index is 0.330. The molecule has 1 amide bonds. The molecular formula is C11H9F2NO5. The molecule has 19 heavy (non-hydrogen) atoms. The van der Waals surface area contributed by atoms with Gasteiger partial charge in [-0.25, -0.2) is 13.6 Å². The number of carbonyl (C=O) groups is 3. The molecule has 0 saturated carbocycles. The quantitative estimate of drug-likeness (QED) is 0.753. The number of aliphatic carboxylic acids is 1. The molecule has 1 aromatic carbocycles. The first-order valence-corrected chi connectivity index (χ1v) is 5.05. The molecule has 102 valence electrons. The SMILES string of the molecule is O=C(O)CCC(=O)Nc1cc(C(=O)O)c(F)cc1F. The van der Waals surface area contributed by atoms with E-state index in [9.17, 15) is 23.2 Å². The number of hydrogen-bond acceptors (Lipinski definition) is 3. The minimum Gasteiger partial charge on any atom is -0.481 e. The number of nitrogens with one attached hydrogen (secondary N) is 1. The van der Waals surface area contributed by atoms with E-state index in [2.05, 4.69) is 0 Å². The van der Waals surface area contributed by atoms with E-state index in [1.54, 1.807) is 0 Å². The van der Waals surface area contributed by atoms with Gasteiger partial charge < -0.3 is 15.5 Å². The van der Waals surface area contributed by atoms with Crippen LogP contribution in [0.15, 0.2) is 12.1 Å². The summed E-state index contributed by atoms with van der Waals surface area (Å²) in [7, 11) is 0. The maximum atomic E-state index is 13.3. The summed E-state index contributed by atoms with van der Waals surface area (Å²) >= 11 is 0. The van der Waals surface area contributed by atoms with E-state index in [-0.39, 0.29) is 0 Å². The van der Waals surface area contributed by atoms with Crippen LogP contribution in [0.2, 0.25) is 0 Å². The highest BCUT2D eigenvalue weighted by Gasteiger charge is 2.16. The molecule has 0 bridgehead atoms. The van der Waals surface area contributed by atoms with Gasteiger partial charge >= 0.3 is 11.9 Å². The zero-order chi connectivity index (χ0) is 14.6. The first-order valence-electron chi connectivity index (χ1n) is 5.05. The first kappa shape index (κ1) is 14.6. The Morgan fingerprint density at radius 3 is 2.21 bits per heavy atom. The van der Waals surface area contributed by atoms with E-state index in [0.717, 1.165) is 0 Å². The molecule has 0 atom stereocenters. The Bertz CT molecular complexity index is 544. The Morgan fingerprint density at radius 1 is 1.05 bits per heavy atom. The van der Waals surface area contributed by atoms with Crippen LogP contribution in [0.1, 0.15) is 23.2 Å². The fraction of sp³-hybridized carbons (Fsp3) is 0.182. The van der Waals surface area contributed by atoms with E-state index >= 15 is 0 Å². The summed E-state index contributed by atoms with van der Waals surface area (Å²) in [6, 6.07) is 0.960. The number of carboxylic acids is 2. The second kappa shape index (κ2) is 5.89. The van der Waals surface area contributed by atoms with Gasteiger partial charge in [-0.2, -0.15) is 0 Å². The summed E-state index contributed by atoms with van der Waals surface area (Å²) in [4.78, 5) is 32.1. The van der Waals surface area contributed by atoms with Gasteiger partial charge in [0.25, 0.3) is 0 Å². The molecule has 6 nitrogen and oxygen atoms in total. The molecule has 1 aromatic rings. The predicted octanol–water partition coefficient (Wildman–Crippen LogP) is 1.47. The Hall–Kier alpha value is -2.51. The van der Waals surface area contributed by atoms with Crippen molar-refractivity contribution < 1.29 is 33.4 Å². The van der Waals surface area contributed by atoms with Crippen LogP contribution in [0.4, 0.5) is 14.5 Å². The van der Waals surface area contributed by atoms with Crippen molar-refractivity contribution in [3.05, 3.63) is 29.3 Å². The third-order valence-corrected chi connectivity index (χ3v) is 2.13. The number of amides is 1. The van der Waals surface area contributed by atoms with Gasteiger partial charge in [0.05, 0.1) is 17.7 Å². The lowest BCUT2D eigenvalue weighted by Gasteiger charge is -2.07. The van der Waals surface area contributed by atoms with Crippen molar-refractivity contribution in [1.29, 1.82) is 0 Å². The third kappa shape index (κ3) is 4.02. The zero-order valence-corrected chi connectivity index (χ0v) is 9.44. The Balaban J connectivity index is 2.89. The number of halogens is 2. The molecule has 0 aliphatic carbocycles. The summed E-state index contributed by atoms with van der Waals surface area (Å²) < 4.78 is 26.4. The van der Waals surface area contributed by atoms with Crippen molar-refractivity contribution in [3.8, 4) is 0 Å². The van der Waals surface area contributed by atoms with Crippen molar-refractivity contribution in [1.82, 2.24) is 0 Å². The number of rotatable bonds is 5. The fourth-order valence-corrected chi connectivity index (χ4v) is 1.24. The summed E-state index contributed by atoms with van der Waals surface area (Å²) in [5.41, 5.74) is -1.32. The van der Waals surface area contributed by atoms with Gasteiger partial charge in [0.15, 0.2) is 0 Å². The third-order valence-electron chi connectivity index (χ3n) is 2.13. The average Bonchev–Trinajstić information content (AvgIpc) is 2.29. The number of carbonyl (C=O) groups excluding carboxylic acids is 1. The molecule has 0 spiro atoms. The molecule has 0 heterocycles. The highest BCUT2D eigenvalue weighted by molar-refractivity contribution is 5.95. The van der Waals surface area contributed by atoms with Gasteiger partial charge in [0.1, 0.15) is 11.6 Å². The van der Waals surface area contributed by atoms with Crippen LogP contribution >= 0.6 is 0 Å². The Morgan fingerprint density at radius 2 is 1.68 bits per heavy atom. The van der Waals surface area contributed by atoms with Crippen LogP contribution < -0.4 is 5.32 Å². The molecule has 1 rings (SSSR count). The lowest BCUT2D eigenvalue weighted by Crippen LogP contribution is -2.15. The largest absolute Gasteiger partial charge is 0.481 e. The maximum absolute atomic E-state index is 13.3. The van der Waals surface area contributed by atoms with Crippen LogP contribution in [-0.2, 0) is 9.59 Å². The van der Waals surface area contributed by atoms with E-state index in [1.165, 1.54) is 0 Å². The number of aromatic carboxylic acids is 1. The number of anilines is 1. The first-order chi connectivity index (χ1) is 8.81. The molecule has 0 fully saturated rings. The van der Waals surface area contributed by atoms with Crippen molar-refractivity contribution in [2.24, 2.45) is 0 Å². The molecule has 0 aliphatic heterocycles. The summed E-state index contributed by atoms with van der Waals surface area (Å²) in [6.07, 6.45) is -0.866. The van der Waals surface area contributed by atoms with Crippen LogP contribution in [0.3, 0.4) is 0 Å². The molecular weight excluding hydrogens is 264 g/mol. The van der Waals surface area contributed by atoms with E-state index in [0.29, 0.717) is 12.1 Å². The van der Waals surface area contributed by atoms with E-state index < -0.39 is 53.6 Å².